The Morgan fingerprint density at radius 2 is 1.79 bits per heavy atom. The number of fused-ring (bicyclic) bond motifs is 1. The molecule has 0 radical (unpaired) electrons. The third-order valence-corrected chi connectivity index (χ3v) is 6.81. The molecule has 0 spiro atoms. The molecule has 206 valence electrons. The fourth-order valence-corrected chi connectivity index (χ4v) is 4.95. The number of aromatic nitrogens is 1. The average molecular weight is 520 g/mol. The van der Waals surface area contributed by atoms with Gasteiger partial charge in [-0.2, -0.15) is 0 Å². The maximum absolute atomic E-state index is 13.3. The van der Waals surface area contributed by atoms with Gasteiger partial charge in [0, 0.05) is 42.3 Å². The Kier molecular flexibility index (Phi) is 10.4. The Morgan fingerprint density at radius 1 is 1.05 bits per heavy atom. The second-order valence-corrected chi connectivity index (χ2v) is 11.0. The molecule has 38 heavy (non-hydrogen) atoms. The van der Waals surface area contributed by atoms with Crippen molar-refractivity contribution < 1.29 is 14.3 Å². The standard InChI is InChI=1S/C32H45N3O3/c1-7-10-14-28(25-13-11-12-15-29(25)35(8-2)9-3)34-30(36)21-23-16-18-27-26(20-23)24(22-33-27)17-19-31(37)38-32(4,5)6/h11-13,15-16,18,20,22,28,33H,7-10,14,17,19,21H2,1-6H3,(H,34,36). The summed E-state index contributed by atoms with van der Waals surface area (Å²) < 4.78 is 5.46. The van der Waals surface area contributed by atoms with Gasteiger partial charge in [-0.05, 0) is 82.3 Å². The van der Waals surface area contributed by atoms with Gasteiger partial charge in [-0.15, -0.1) is 0 Å². The van der Waals surface area contributed by atoms with Crippen molar-refractivity contribution in [2.75, 3.05) is 18.0 Å². The van der Waals surface area contributed by atoms with E-state index >= 15 is 0 Å². The SMILES string of the molecule is CCCCC(NC(=O)Cc1ccc2[nH]cc(CCC(=O)OC(C)(C)C)c2c1)c1ccccc1N(CC)CC. The van der Waals surface area contributed by atoms with Gasteiger partial charge in [0.2, 0.25) is 5.91 Å². The van der Waals surface area contributed by atoms with E-state index in [0.717, 1.165) is 54.4 Å². The van der Waals surface area contributed by atoms with Crippen LogP contribution in [0, 0.1) is 0 Å². The van der Waals surface area contributed by atoms with Crippen molar-refractivity contribution >= 4 is 28.5 Å². The third kappa shape index (κ3) is 8.11. The minimum atomic E-state index is -0.487. The van der Waals surface area contributed by atoms with Gasteiger partial charge in [0.25, 0.3) is 0 Å². The summed E-state index contributed by atoms with van der Waals surface area (Å²) in [5.41, 5.74) is 4.91. The lowest BCUT2D eigenvalue weighted by Crippen LogP contribution is -2.32. The first kappa shape index (κ1) is 29.3. The molecule has 0 fully saturated rings. The minimum absolute atomic E-state index is 0.0191. The number of rotatable bonds is 13. The summed E-state index contributed by atoms with van der Waals surface area (Å²) in [5, 5.41) is 4.39. The summed E-state index contributed by atoms with van der Waals surface area (Å²) in [6, 6.07) is 14.5. The first-order chi connectivity index (χ1) is 18.1. The van der Waals surface area contributed by atoms with Crippen molar-refractivity contribution in [1.82, 2.24) is 10.3 Å². The van der Waals surface area contributed by atoms with Gasteiger partial charge >= 0.3 is 5.97 Å². The van der Waals surface area contributed by atoms with Crippen molar-refractivity contribution in [3.63, 3.8) is 0 Å². The molecule has 0 bridgehead atoms. The summed E-state index contributed by atoms with van der Waals surface area (Å²) in [6.45, 7) is 14.0. The predicted octanol–water partition coefficient (Wildman–Crippen LogP) is 6.88. The molecule has 2 N–H and O–H groups in total. The number of para-hydroxylation sites is 1. The number of nitrogens with one attached hydrogen (secondary N) is 2. The number of carbonyl (C=O) groups is 2. The van der Waals surface area contributed by atoms with E-state index in [1.807, 2.05) is 39.1 Å². The predicted molar refractivity (Wildman–Crippen MR) is 157 cm³/mol. The van der Waals surface area contributed by atoms with Crippen LogP contribution < -0.4 is 10.2 Å². The number of nitrogens with zero attached hydrogens (tertiary/aromatic N) is 1. The number of amides is 1. The van der Waals surface area contributed by atoms with Crippen LogP contribution in [0.2, 0.25) is 0 Å². The van der Waals surface area contributed by atoms with Crippen molar-refractivity contribution in [3.05, 3.63) is 65.4 Å². The van der Waals surface area contributed by atoms with Crippen LogP contribution in [0.4, 0.5) is 5.69 Å². The minimum Gasteiger partial charge on any atom is -0.460 e. The van der Waals surface area contributed by atoms with Gasteiger partial charge in [-0.1, -0.05) is 44.0 Å². The van der Waals surface area contributed by atoms with Gasteiger partial charge in [0.05, 0.1) is 12.5 Å². The second kappa shape index (κ2) is 13.5. The van der Waals surface area contributed by atoms with E-state index in [-0.39, 0.29) is 17.9 Å². The van der Waals surface area contributed by atoms with Gasteiger partial charge < -0.3 is 19.9 Å². The molecule has 6 heteroatoms. The summed E-state index contributed by atoms with van der Waals surface area (Å²) in [6.07, 6.45) is 6.20. The number of anilines is 1. The molecule has 1 heterocycles. The summed E-state index contributed by atoms with van der Waals surface area (Å²) in [5.74, 6) is -0.184. The number of aryl methyl sites for hydroxylation is 1. The molecular weight excluding hydrogens is 474 g/mol. The number of esters is 1. The van der Waals surface area contributed by atoms with Crippen LogP contribution in [0.3, 0.4) is 0 Å². The third-order valence-electron chi connectivity index (χ3n) is 6.81. The smallest absolute Gasteiger partial charge is 0.306 e. The Hall–Kier alpha value is -3.28. The van der Waals surface area contributed by atoms with Crippen molar-refractivity contribution in [2.45, 2.75) is 91.7 Å². The molecule has 0 aliphatic carbocycles. The molecule has 1 atom stereocenters. The molecule has 6 nitrogen and oxygen atoms in total. The topological polar surface area (TPSA) is 74.4 Å². The zero-order valence-corrected chi connectivity index (χ0v) is 24.0. The zero-order chi connectivity index (χ0) is 27.7. The lowest BCUT2D eigenvalue weighted by molar-refractivity contribution is -0.154. The number of H-pyrrole nitrogens is 1. The number of unbranched alkanes of at least 4 members (excludes halogenated alkanes) is 1. The Bertz CT molecular complexity index is 1200. The molecule has 1 unspecified atom stereocenters. The molecule has 0 aliphatic heterocycles. The van der Waals surface area contributed by atoms with Crippen molar-refractivity contribution in [3.8, 4) is 0 Å². The molecule has 3 rings (SSSR count). The van der Waals surface area contributed by atoms with E-state index in [2.05, 4.69) is 66.3 Å². The van der Waals surface area contributed by atoms with Gasteiger partial charge in [0.1, 0.15) is 5.60 Å². The summed E-state index contributed by atoms with van der Waals surface area (Å²) >= 11 is 0. The maximum Gasteiger partial charge on any atom is 0.306 e. The van der Waals surface area contributed by atoms with Crippen molar-refractivity contribution in [1.29, 1.82) is 0 Å². The molecule has 1 aromatic heterocycles. The second-order valence-electron chi connectivity index (χ2n) is 11.0. The van der Waals surface area contributed by atoms with Crippen molar-refractivity contribution in [2.24, 2.45) is 0 Å². The largest absolute Gasteiger partial charge is 0.460 e. The molecular formula is C32H45N3O3. The summed E-state index contributed by atoms with van der Waals surface area (Å²) in [4.78, 5) is 31.1. The zero-order valence-electron chi connectivity index (χ0n) is 24.0. The Labute approximate surface area is 228 Å². The normalized spacial score (nSPS) is 12.4. The number of hydrogen-bond acceptors (Lipinski definition) is 4. The number of carbonyl (C=O) groups excluding carboxylic acids is 2. The van der Waals surface area contributed by atoms with E-state index in [1.54, 1.807) is 0 Å². The van der Waals surface area contributed by atoms with Crippen LogP contribution in [0.25, 0.3) is 10.9 Å². The Balaban J connectivity index is 1.74. The molecule has 3 aromatic rings. The highest BCUT2D eigenvalue weighted by Crippen LogP contribution is 2.30. The molecule has 2 aromatic carbocycles. The number of ether oxygens (including phenoxy) is 1. The highest BCUT2D eigenvalue weighted by molar-refractivity contribution is 5.86. The fourth-order valence-electron chi connectivity index (χ4n) is 4.95. The maximum atomic E-state index is 13.3. The first-order valence-corrected chi connectivity index (χ1v) is 14.1. The van der Waals surface area contributed by atoms with Crippen LogP contribution in [0.5, 0.6) is 0 Å². The van der Waals surface area contributed by atoms with E-state index in [9.17, 15) is 9.59 Å². The molecule has 0 aliphatic rings. The summed E-state index contributed by atoms with van der Waals surface area (Å²) in [7, 11) is 0. The van der Waals surface area contributed by atoms with Crippen LogP contribution in [0.15, 0.2) is 48.7 Å². The highest BCUT2D eigenvalue weighted by atomic mass is 16.6. The monoisotopic (exact) mass is 519 g/mol. The lowest BCUT2D eigenvalue weighted by Gasteiger charge is -2.28. The lowest BCUT2D eigenvalue weighted by atomic mass is 9.97. The first-order valence-electron chi connectivity index (χ1n) is 14.1. The van der Waals surface area contributed by atoms with Crippen LogP contribution in [-0.4, -0.2) is 35.6 Å². The van der Waals surface area contributed by atoms with E-state index < -0.39 is 5.60 Å². The number of hydrogen-bond donors (Lipinski definition) is 2. The van der Waals surface area contributed by atoms with Crippen LogP contribution in [-0.2, 0) is 27.2 Å². The molecule has 1 amide bonds. The molecule has 0 saturated carbocycles. The van der Waals surface area contributed by atoms with E-state index in [1.165, 1.54) is 11.3 Å². The highest BCUT2D eigenvalue weighted by Gasteiger charge is 2.20. The number of aromatic amines is 1. The van der Waals surface area contributed by atoms with E-state index in [4.69, 9.17) is 4.74 Å². The van der Waals surface area contributed by atoms with Crippen LogP contribution in [0.1, 0.15) is 90.0 Å². The van der Waals surface area contributed by atoms with Gasteiger partial charge in [-0.25, -0.2) is 0 Å². The average Bonchev–Trinajstić information content (AvgIpc) is 3.27. The Morgan fingerprint density at radius 3 is 2.47 bits per heavy atom. The molecule has 0 saturated heterocycles. The van der Waals surface area contributed by atoms with Crippen LogP contribution >= 0.6 is 0 Å². The fraction of sp³-hybridized carbons (Fsp3) is 0.500. The quantitative estimate of drug-likeness (QED) is 0.241. The van der Waals surface area contributed by atoms with Gasteiger partial charge in [0.15, 0.2) is 0 Å². The van der Waals surface area contributed by atoms with E-state index in [0.29, 0.717) is 19.3 Å². The number of benzene rings is 2. The van der Waals surface area contributed by atoms with Gasteiger partial charge in [-0.3, -0.25) is 9.59 Å².